The van der Waals surface area contributed by atoms with E-state index in [9.17, 15) is 18.4 Å². The zero-order valence-corrected chi connectivity index (χ0v) is 14.4. The number of carbonyl (C=O) groups excluding carboxylic acids is 2. The molecule has 7 heteroatoms. The molecule has 0 spiro atoms. The van der Waals surface area contributed by atoms with Crippen LogP contribution in [0, 0.1) is 17.6 Å². The number of piperidine rings is 1. The van der Waals surface area contributed by atoms with E-state index in [1.54, 1.807) is 17.9 Å². The van der Waals surface area contributed by atoms with Crippen LogP contribution in [0.4, 0.5) is 8.78 Å². The highest BCUT2D eigenvalue weighted by molar-refractivity contribution is 5.94. The van der Waals surface area contributed by atoms with Crippen LogP contribution in [-0.4, -0.2) is 29.8 Å². The van der Waals surface area contributed by atoms with Crippen molar-refractivity contribution in [3.05, 3.63) is 59.6 Å². The Morgan fingerprint density at radius 3 is 2.54 bits per heavy atom. The average molecular weight is 362 g/mol. The predicted molar refractivity (Wildman–Crippen MR) is 90.3 cm³/mol. The second kappa shape index (κ2) is 7.68. The third kappa shape index (κ3) is 3.92. The molecule has 0 radical (unpaired) electrons. The Morgan fingerprint density at radius 2 is 1.92 bits per heavy atom. The summed E-state index contributed by atoms with van der Waals surface area (Å²) in [6.07, 6.45) is 3.97. The number of benzene rings is 1. The molecule has 1 atom stereocenters. The van der Waals surface area contributed by atoms with Crippen molar-refractivity contribution in [2.45, 2.75) is 25.8 Å². The molecule has 138 valence electrons. The molecule has 1 N–H and O–H groups in total. The zero-order valence-electron chi connectivity index (χ0n) is 14.4. The Bertz CT molecular complexity index is 784. The first-order chi connectivity index (χ1) is 12.5. The fraction of sp³-hybridized carbons (Fsp3) is 0.368. The maximum atomic E-state index is 13.3. The van der Waals surface area contributed by atoms with Gasteiger partial charge >= 0.3 is 0 Å². The molecule has 1 aromatic heterocycles. The molecule has 1 aliphatic rings. The molecule has 26 heavy (non-hydrogen) atoms. The summed E-state index contributed by atoms with van der Waals surface area (Å²) >= 11 is 0. The highest BCUT2D eigenvalue weighted by atomic mass is 19.2. The third-order valence-electron chi connectivity index (χ3n) is 4.72. The van der Waals surface area contributed by atoms with Crippen LogP contribution < -0.4 is 5.32 Å². The van der Waals surface area contributed by atoms with E-state index in [0.29, 0.717) is 37.1 Å². The normalized spacial score (nSPS) is 16.3. The highest BCUT2D eigenvalue weighted by Gasteiger charge is 2.29. The Kier molecular flexibility index (Phi) is 5.35. The van der Waals surface area contributed by atoms with Gasteiger partial charge in [0, 0.05) is 19.0 Å². The first-order valence-corrected chi connectivity index (χ1v) is 8.52. The molecule has 1 saturated heterocycles. The van der Waals surface area contributed by atoms with Crippen molar-refractivity contribution in [1.29, 1.82) is 0 Å². The molecule has 2 heterocycles. The fourth-order valence-corrected chi connectivity index (χ4v) is 3.11. The van der Waals surface area contributed by atoms with E-state index in [4.69, 9.17) is 4.42 Å². The standard InChI is InChI=1S/C19H20F2N2O3/c1-12(14-2-3-16(20)17(21)10-14)22-18(24)13-4-7-23(8-5-13)19(25)15-6-9-26-11-15/h2-3,6,9-13H,4-5,7-8H2,1H3,(H,22,24). The van der Waals surface area contributed by atoms with Crippen LogP contribution in [0.3, 0.4) is 0 Å². The van der Waals surface area contributed by atoms with Gasteiger partial charge in [-0.15, -0.1) is 0 Å². The molecular weight excluding hydrogens is 342 g/mol. The second-order valence-corrected chi connectivity index (χ2v) is 6.48. The van der Waals surface area contributed by atoms with Gasteiger partial charge in [0.25, 0.3) is 5.91 Å². The van der Waals surface area contributed by atoms with Crippen molar-refractivity contribution in [1.82, 2.24) is 10.2 Å². The number of furan rings is 1. The van der Waals surface area contributed by atoms with Crippen LogP contribution in [-0.2, 0) is 4.79 Å². The minimum absolute atomic E-state index is 0.104. The predicted octanol–water partition coefficient (Wildman–Crippen LogP) is 3.29. The van der Waals surface area contributed by atoms with Gasteiger partial charge in [-0.1, -0.05) is 6.07 Å². The van der Waals surface area contributed by atoms with E-state index in [2.05, 4.69) is 5.32 Å². The molecule has 1 aromatic carbocycles. The summed E-state index contributed by atoms with van der Waals surface area (Å²) in [6, 6.07) is 4.78. The molecule has 5 nitrogen and oxygen atoms in total. The quantitative estimate of drug-likeness (QED) is 0.908. The number of carbonyl (C=O) groups is 2. The SMILES string of the molecule is CC(NC(=O)C1CCN(C(=O)c2ccoc2)CC1)c1ccc(F)c(F)c1. The maximum Gasteiger partial charge on any atom is 0.257 e. The van der Waals surface area contributed by atoms with Crippen molar-refractivity contribution in [3.8, 4) is 0 Å². The molecule has 2 aromatic rings. The summed E-state index contributed by atoms with van der Waals surface area (Å²) in [5.41, 5.74) is 1.00. The van der Waals surface area contributed by atoms with Crippen molar-refractivity contribution < 1.29 is 22.8 Å². The van der Waals surface area contributed by atoms with Crippen molar-refractivity contribution in [2.75, 3.05) is 13.1 Å². The monoisotopic (exact) mass is 362 g/mol. The van der Waals surface area contributed by atoms with E-state index in [1.165, 1.54) is 18.6 Å². The molecule has 0 saturated carbocycles. The van der Waals surface area contributed by atoms with Crippen LogP contribution in [0.1, 0.15) is 41.7 Å². The van der Waals surface area contributed by atoms with Gasteiger partial charge in [-0.2, -0.15) is 0 Å². The number of hydrogen-bond donors (Lipinski definition) is 1. The lowest BCUT2D eigenvalue weighted by atomic mass is 9.95. The smallest absolute Gasteiger partial charge is 0.257 e. The molecule has 1 aliphatic heterocycles. The maximum absolute atomic E-state index is 13.3. The van der Waals surface area contributed by atoms with Crippen LogP contribution in [0.25, 0.3) is 0 Å². The summed E-state index contributed by atoms with van der Waals surface area (Å²) in [5, 5.41) is 2.84. The Balaban J connectivity index is 1.53. The van der Waals surface area contributed by atoms with Crippen LogP contribution in [0.15, 0.2) is 41.2 Å². The molecule has 1 fully saturated rings. The lowest BCUT2D eigenvalue weighted by Crippen LogP contribution is -2.43. The van der Waals surface area contributed by atoms with Gasteiger partial charge in [0.2, 0.25) is 5.91 Å². The number of nitrogens with one attached hydrogen (secondary N) is 1. The molecule has 2 amide bonds. The van der Waals surface area contributed by atoms with Gasteiger partial charge < -0.3 is 14.6 Å². The minimum atomic E-state index is -0.935. The van der Waals surface area contributed by atoms with Crippen LogP contribution >= 0.6 is 0 Å². The van der Waals surface area contributed by atoms with Gasteiger partial charge in [-0.05, 0) is 43.5 Å². The van der Waals surface area contributed by atoms with Crippen molar-refractivity contribution in [2.24, 2.45) is 5.92 Å². The summed E-state index contributed by atoms with van der Waals surface area (Å²) in [7, 11) is 0. The number of halogens is 2. The molecule has 0 aliphatic carbocycles. The average Bonchev–Trinajstić information content (AvgIpc) is 3.18. The largest absolute Gasteiger partial charge is 0.472 e. The lowest BCUT2D eigenvalue weighted by Gasteiger charge is -2.31. The van der Waals surface area contributed by atoms with E-state index in [-0.39, 0.29) is 17.7 Å². The third-order valence-corrected chi connectivity index (χ3v) is 4.72. The van der Waals surface area contributed by atoms with Crippen molar-refractivity contribution >= 4 is 11.8 Å². The van der Waals surface area contributed by atoms with Gasteiger partial charge in [0.05, 0.1) is 17.9 Å². The van der Waals surface area contributed by atoms with Crippen LogP contribution in [0.5, 0.6) is 0 Å². The summed E-state index contributed by atoms with van der Waals surface area (Å²) < 4.78 is 31.3. The van der Waals surface area contributed by atoms with Crippen LogP contribution in [0.2, 0.25) is 0 Å². The summed E-state index contributed by atoms with van der Waals surface area (Å²) in [5.74, 6) is -2.31. The van der Waals surface area contributed by atoms with E-state index in [1.807, 2.05) is 0 Å². The first-order valence-electron chi connectivity index (χ1n) is 8.52. The summed E-state index contributed by atoms with van der Waals surface area (Å²) in [4.78, 5) is 26.4. The second-order valence-electron chi connectivity index (χ2n) is 6.48. The summed E-state index contributed by atoms with van der Waals surface area (Å²) in [6.45, 7) is 2.70. The Morgan fingerprint density at radius 1 is 1.19 bits per heavy atom. The first kappa shape index (κ1) is 18.1. The fourth-order valence-electron chi connectivity index (χ4n) is 3.11. The van der Waals surface area contributed by atoms with E-state index in [0.717, 1.165) is 12.1 Å². The molecule has 3 rings (SSSR count). The van der Waals surface area contributed by atoms with Gasteiger partial charge in [-0.3, -0.25) is 9.59 Å². The lowest BCUT2D eigenvalue weighted by molar-refractivity contribution is -0.127. The van der Waals surface area contributed by atoms with Gasteiger partial charge in [-0.25, -0.2) is 8.78 Å². The van der Waals surface area contributed by atoms with Crippen molar-refractivity contribution in [3.63, 3.8) is 0 Å². The van der Waals surface area contributed by atoms with Gasteiger partial charge in [0.1, 0.15) is 6.26 Å². The molecule has 1 unspecified atom stereocenters. The molecule has 0 bridgehead atoms. The zero-order chi connectivity index (χ0) is 18.7. The van der Waals surface area contributed by atoms with Gasteiger partial charge in [0.15, 0.2) is 11.6 Å². The number of nitrogens with zero attached hydrogens (tertiary/aromatic N) is 1. The van der Waals surface area contributed by atoms with E-state index >= 15 is 0 Å². The molecular formula is C19H20F2N2O3. The highest BCUT2D eigenvalue weighted by Crippen LogP contribution is 2.22. The topological polar surface area (TPSA) is 62.6 Å². The number of amides is 2. The number of hydrogen-bond acceptors (Lipinski definition) is 3. The Hall–Kier alpha value is -2.70. The Labute approximate surface area is 150 Å². The van der Waals surface area contributed by atoms with E-state index < -0.39 is 17.7 Å². The number of rotatable bonds is 4. The minimum Gasteiger partial charge on any atom is -0.472 e. The number of likely N-dealkylation sites (tertiary alicyclic amines) is 1.